The predicted molar refractivity (Wildman–Crippen MR) is 84.9 cm³/mol. The van der Waals surface area contributed by atoms with Crippen LogP contribution in [0, 0.1) is 0 Å². The zero-order valence-corrected chi connectivity index (χ0v) is 13.8. The van der Waals surface area contributed by atoms with E-state index in [9.17, 15) is 0 Å². The van der Waals surface area contributed by atoms with Crippen LogP contribution in [0.4, 0.5) is 0 Å². The van der Waals surface area contributed by atoms with Crippen molar-refractivity contribution < 1.29 is 14.2 Å². The number of ether oxygens (including phenoxy) is 3. The fourth-order valence-corrected chi connectivity index (χ4v) is 2.36. The molecular formula is C15H31N3O3. The number of aliphatic imine (C=N–C) groups is 1. The Morgan fingerprint density at radius 1 is 1.14 bits per heavy atom. The summed E-state index contributed by atoms with van der Waals surface area (Å²) in [6, 6.07) is 0. The maximum atomic E-state index is 5.88. The molecule has 0 spiro atoms. The molecule has 0 radical (unpaired) electrons. The lowest BCUT2D eigenvalue weighted by Gasteiger charge is -2.34. The van der Waals surface area contributed by atoms with E-state index in [1.807, 2.05) is 0 Å². The molecule has 0 aromatic carbocycles. The highest BCUT2D eigenvalue weighted by atomic mass is 16.5. The van der Waals surface area contributed by atoms with Gasteiger partial charge in [-0.25, -0.2) is 0 Å². The summed E-state index contributed by atoms with van der Waals surface area (Å²) in [5.41, 5.74) is 0. The monoisotopic (exact) mass is 301 g/mol. The third kappa shape index (κ3) is 7.64. The van der Waals surface area contributed by atoms with Crippen LogP contribution in [-0.4, -0.2) is 77.2 Å². The van der Waals surface area contributed by atoms with Gasteiger partial charge in [-0.05, 0) is 26.2 Å². The van der Waals surface area contributed by atoms with Crippen LogP contribution in [0.3, 0.4) is 0 Å². The van der Waals surface area contributed by atoms with Gasteiger partial charge >= 0.3 is 0 Å². The number of nitrogens with one attached hydrogen (secondary N) is 1. The molecule has 21 heavy (non-hydrogen) atoms. The first-order valence-electron chi connectivity index (χ1n) is 7.94. The van der Waals surface area contributed by atoms with Crippen molar-refractivity contribution in [3.05, 3.63) is 0 Å². The summed E-state index contributed by atoms with van der Waals surface area (Å²) in [4.78, 5) is 6.90. The molecule has 0 atom stereocenters. The van der Waals surface area contributed by atoms with Crippen molar-refractivity contribution in [1.82, 2.24) is 10.2 Å². The van der Waals surface area contributed by atoms with Crippen LogP contribution in [0.5, 0.6) is 0 Å². The Balaban J connectivity index is 2.29. The van der Waals surface area contributed by atoms with Crippen molar-refractivity contribution in [3.8, 4) is 0 Å². The lowest BCUT2D eigenvalue weighted by atomic mass is 10.1. The maximum Gasteiger partial charge on any atom is 0.193 e. The molecule has 1 fully saturated rings. The molecule has 124 valence electrons. The molecule has 6 heteroatoms. The van der Waals surface area contributed by atoms with E-state index in [2.05, 4.69) is 22.1 Å². The molecule has 0 unspecified atom stereocenters. The van der Waals surface area contributed by atoms with Gasteiger partial charge in [-0.1, -0.05) is 0 Å². The minimum Gasteiger partial charge on any atom is -0.385 e. The fraction of sp³-hybridized carbons (Fsp3) is 0.933. The number of guanidine groups is 1. The van der Waals surface area contributed by atoms with E-state index >= 15 is 0 Å². The second kappa shape index (κ2) is 11.8. The Labute approximate surface area is 128 Å². The third-order valence-electron chi connectivity index (χ3n) is 3.48. The molecule has 1 aliphatic rings. The number of rotatable bonds is 9. The molecule has 1 aliphatic heterocycles. The summed E-state index contributed by atoms with van der Waals surface area (Å²) >= 11 is 0. The second-order valence-corrected chi connectivity index (χ2v) is 5.13. The Morgan fingerprint density at radius 3 is 2.48 bits per heavy atom. The summed E-state index contributed by atoms with van der Waals surface area (Å²) < 4.78 is 16.0. The molecule has 0 aromatic heterocycles. The minimum atomic E-state index is 0.375. The van der Waals surface area contributed by atoms with Gasteiger partial charge in [0, 0.05) is 47.1 Å². The summed E-state index contributed by atoms with van der Waals surface area (Å²) in [5.74, 6) is 0.993. The molecule has 0 aliphatic carbocycles. The van der Waals surface area contributed by atoms with E-state index in [1.165, 1.54) is 0 Å². The lowest BCUT2D eigenvalue weighted by molar-refractivity contribution is 0.00989. The predicted octanol–water partition coefficient (Wildman–Crippen LogP) is 1.12. The Morgan fingerprint density at radius 2 is 1.86 bits per heavy atom. The highest BCUT2D eigenvalue weighted by molar-refractivity contribution is 5.80. The van der Waals surface area contributed by atoms with Gasteiger partial charge in [0.05, 0.1) is 19.3 Å². The molecule has 1 N–H and O–H groups in total. The van der Waals surface area contributed by atoms with Crippen LogP contribution in [0.25, 0.3) is 0 Å². The Hall–Kier alpha value is -0.850. The number of methoxy groups -OCH3 is 2. The van der Waals surface area contributed by atoms with Gasteiger partial charge < -0.3 is 24.4 Å². The molecule has 0 aromatic rings. The average Bonchev–Trinajstić information content (AvgIpc) is 2.52. The van der Waals surface area contributed by atoms with Crippen molar-refractivity contribution in [1.29, 1.82) is 0 Å². The zero-order chi connectivity index (χ0) is 15.3. The SMILES string of the molecule is CCNC(=NCCOC)N1CCC(OCCCOC)CC1. The van der Waals surface area contributed by atoms with Gasteiger partial charge in [0.2, 0.25) is 0 Å². The van der Waals surface area contributed by atoms with E-state index in [1.54, 1.807) is 14.2 Å². The summed E-state index contributed by atoms with van der Waals surface area (Å²) in [7, 11) is 3.43. The van der Waals surface area contributed by atoms with Crippen LogP contribution in [0.1, 0.15) is 26.2 Å². The number of hydrogen-bond donors (Lipinski definition) is 1. The van der Waals surface area contributed by atoms with E-state index < -0.39 is 0 Å². The maximum absolute atomic E-state index is 5.88. The van der Waals surface area contributed by atoms with Crippen molar-refractivity contribution in [2.75, 3.05) is 60.2 Å². The van der Waals surface area contributed by atoms with Crippen LogP contribution in [0.2, 0.25) is 0 Å². The lowest BCUT2D eigenvalue weighted by Crippen LogP contribution is -2.47. The molecule has 0 amide bonds. The molecule has 0 saturated carbocycles. The molecule has 6 nitrogen and oxygen atoms in total. The normalized spacial score (nSPS) is 17.3. The largest absolute Gasteiger partial charge is 0.385 e. The van der Waals surface area contributed by atoms with Crippen LogP contribution in [-0.2, 0) is 14.2 Å². The fourth-order valence-electron chi connectivity index (χ4n) is 2.36. The van der Waals surface area contributed by atoms with E-state index in [4.69, 9.17) is 14.2 Å². The van der Waals surface area contributed by atoms with Crippen molar-refractivity contribution in [2.24, 2.45) is 4.99 Å². The summed E-state index contributed by atoms with van der Waals surface area (Å²) in [6.45, 7) is 7.90. The van der Waals surface area contributed by atoms with Crippen molar-refractivity contribution in [3.63, 3.8) is 0 Å². The number of nitrogens with zero attached hydrogens (tertiary/aromatic N) is 2. The van der Waals surface area contributed by atoms with E-state index in [0.29, 0.717) is 19.3 Å². The Bertz CT molecular complexity index is 279. The number of likely N-dealkylation sites (tertiary alicyclic amines) is 1. The highest BCUT2D eigenvalue weighted by Crippen LogP contribution is 2.14. The molecule has 1 saturated heterocycles. The first-order chi connectivity index (χ1) is 10.3. The van der Waals surface area contributed by atoms with Crippen molar-refractivity contribution in [2.45, 2.75) is 32.3 Å². The Kier molecular flexibility index (Phi) is 10.2. The molecule has 1 heterocycles. The van der Waals surface area contributed by atoms with Gasteiger partial charge in [0.25, 0.3) is 0 Å². The van der Waals surface area contributed by atoms with Gasteiger partial charge in [0.15, 0.2) is 5.96 Å². The van der Waals surface area contributed by atoms with E-state index in [0.717, 1.165) is 58.1 Å². The van der Waals surface area contributed by atoms with Crippen LogP contribution < -0.4 is 5.32 Å². The van der Waals surface area contributed by atoms with Gasteiger partial charge in [0.1, 0.15) is 0 Å². The molecular weight excluding hydrogens is 270 g/mol. The minimum absolute atomic E-state index is 0.375. The quantitative estimate of drug-likeness (QED) is 0.393. The van der Waals surface area contributed by atoms with Crippen LogP contribution in [0.15, 0.2) is 4.99 Å². The first-order valence-corrected chi connectivity index (χ1v) is 7.94. The summed E-state index contributed by atoms with van der Waals surface area (Å²) in [5, 5.41) is 3.35. The van der Waals surface area contributed by atoms with Crippen LogP contribution >= 0.6 is 0 Å². The zero-order valence-electron chi connectivity index (χ0n) is 13.8. The smallest absolute Gasteiger partial charge is 0.193 e. The molecule has 0 bridgehead atoms. The number of hydrogen-bond acceptors (Lipinski definition) is 4. The second-order valence-electron chi connectivity index (χ2n) is 5.13. The standard InChI is InChI=1S/C15H31N3O3/c1-4-16-15(17-8-13-20-3)18-9-6-14(7-10-18)21-12-5-11-19-2/h14H,4-13H2,1-3H3,(H,16,17). The highest BCUT2D eigenvalue weighted by Gasteiger charge is 2.21. The third-order valence-corrected chi connectivity index (χ3v) is 3.48. The topological polar surface area (TPSA) is 55.3 Å². The molecule has 1 rings (SSSR count). The van der Waals surface area contributed by atoms with Gasteiger partial charge in [-0.3, -0.25) is 4.99 Å². The first kappa shape index (κ1) is 18.2. The van der Waals surface area contributed by atoms with Crippen molar-refractivity contribution >= 4 is 5.96 Å². The van der Waals surface area contributed by atoms with Gasteiger partial charge in [-0.15, -0.1) is 0 Å². The van der Waals surface area contributed by atoms with Gasteiger partial charge in [-0.2, -0.15) is 0 Å². The summed E-state index contributed by atoms with van der Waals surface area (Å²) in [6.07, 6.45) is 3.46. The van der Waals surface area contributed by atoms with E-state index in [-0.39, 0.29) is 0 Å². The number of piperidine rings is 1. The average molecular weight is 301 g/mol.